The van der Waals surface area contributed by atoms with E-state index in [1.807, 2.05) is 26.0 Å². The minimum absolute atomic E-state index is 0.171. The quantitative estimate of drug-likeness (QED) is 0.508. The van der Waals surface area contributed by atoms with Gasteiger partial charge in [0.05, 0.1) is 0 Å². The number of halogens is 1. The third-order valence-electron chi connectivity index (χ3n) is 4.19. The average molecular weight is 408 g/mol. The summed E-state index contributed by atoms with van der Waals surface area (Å²) in [6, 6.07) is 8.73. The lowest BCUT2D eigenvalue weighted by molar-refractivity contribution is 0.0721. The van der Waals surface area contributed by atoms with Crippen molar-refractivity contribution >= 4 is 24.1 Å². The van der Waals surface area contributed by atoms with Gasteiger partial charge in [0.1, 0.15) is 17.3 Å². The van der Waals surface area contributed by atoms with Crippen molar-refractivity contribution < 1.29 is 19.0 Å². The molecular formula is C22H21FN4O3. The first-order valence-electron chi connectivity index (χ1n) is 9.12. The van der Waals surface area contributed by atoms with Crippen LogP contribution >= 0.6 is 0 Å². The molecule has 2 aromatic carbocycles. The Morgan fingerprint density at radius 2 is 1.67 bits per heavy atom. The van der Waals surface area contributed by atoms with Gasteiger partial charge in [0.25, 0.3) is 0 Å². The van der Waals surface area contributed by atoms with E-state index >= 15 is 0 Å². The molecule has 0 bridgehead atoms. The van der Waals surface area contributed by atoms with Crippen LogP contribution in [0.2, 0.25) is 0 Å². The zero-order valence-electron chi connectivity index (χ0n) is 17.0. The van der Waals surface area contributed by atoms with E-state index in [9.17, 15) is 14.3 Å². The predicted octanol–water partition coefficient (Wildman–Crippen LogP) is 3.79. The summed E-state index contributed by atoms with van der Waals surface area (Å²) < 4.78 is 18.3. The minimum atomic E-state index is -0.780. The number of esters is 1. The third kappa shape index (κ3) is 4.96. The molecule has 0 fully saturated rings. The summed E-state index contributed by atoms with van der Waals surface area (Å²) in [5.41, 5.74) is 2.36. The highest BCUT2D eigenvalue weighted by Gasteiger charge is 2.16. The molecule has 3 rings (SSSR count). The van der Waals surface area contributed by atoms with Crippen LogP contribution in [-0.2, 0) is 0 Å². The lowest BCUT2D eigenvalue weighted by atomic mass is 10.1. The fourth-order valence-corrected chi connectivity index (χ4v) is 2.66. The maximum absolute atomic E-state index is 13.0. The molecule has 0 aliphatic carbocycles. The van der Waals surface area contributed by atoms with Gasteiger partial charge in [-0.2, -0.15) is 9.97 Å². The van der Waals surface area contributed by atoms with Crippen LogP contribution in [-0.4, -0.2) is 40.1 Å². The minimum Gasteiger partial charge on any atom is -0.507 e. The first kappa shape index (κ1) is 20.9. The Labute approximate surface area is 173 Å². The molecule has 1 N–H and O–H groups in total. The Balaban J connectivity index is 1.90. The zero-order valence-corrected chi connectivity index (χ0v) is 17.0. The van der Waals surface area contributed by atoms with Crippen molar-refractivity contribution in [2.24, 2.45) is 0 Å². The number of hydrogen-bond acceptors (Lipinski definition) is 7. The SMILES string of the molecule is Cc1cc(/C=C/c2nc(C(=O)Oc3ccc(F)cc3)nc(N(C)C)n2)cc(C)c1O. The van der Waals surface area contributed by atoms with E-state index < -0.39 is 11.8 Å². The Kier molecular flexibility index (Phi) is 6.06. The molecule has 3 aromatic rings. The Hall–Kier alpha value is -3.81. The molecule has 1 aromatic heterocycles. The molecule has 0 amide bonds. The van der Waals surface area contributed by atoms with Gasteiger partial charge < -0.3 is 14.7 Å². The molecule has 8 heteroatoms. The number of rotatable bonds is 5. The molecule has 0 spiro atoms. The van der Waals surface area contributed by atoms with Gasteiger partial charge in [-0.05, 0) is 73.0 Å². The summed E-state index contributed by atoms with van der Waals surface area (Å²) in [5.74, 6) is -0.393. The largest absolute Gasteiger partial charge is 0.507 e. The van der Waals surface area contributed by atoms with Crippen LogP contribution in [0, 0.1) is 19.7 Å². The smallest absolute Gasteiger partial charge is 0.381 e. The average Bonchev–Trinajstić information content (AvgIpc) is 2.71. The number of hydrogen-bond donors (Lipinski definition) is 1. The number of aromatic hydroxyl groups is 1. The second-order valence-corrected chi connectivity index (χ2v) is 6.89. The van der Waals surface area contributed by atoms with E-state index in [1.54, 1.807) is 31.1 Å². The third-order valence-corrected chi connectivity index (χ3v) is 4.19. The number of carbonyl (C=O) groups excluding carboxylic acids is 1. The van der Waals surface area contributed by atoms with Gasteiger partial charge in [-0.1, -0.05) is 6.08 Å². The number of benzene rings is 2. The topological polar surface area (TPSA) is 88.4 Å². The molecule has 0 atom stereocenters. The Morgan fingerprint density at radius 3 is 2.27 bits per heavy atom. The fraction of sp³-hybridized carbons (Fsp3) is 0.182. The standard InChI is InChI=1S/C22H21FN4O3/c1-13-11-15(12-14(2)19(13)28)5-10-18-24-20(26-22(25-18)27(3)4)21(29)30-17-8-6-16(23)7-9-17/h5-12,28H,1-4H3/b10-5+. The van der Waals surface area contributed by atoms with Gasteiger partial charge in [-0.15, -0.1) is 0 Å². The molecule has 0 unspecified atom stereocenters. The highest BCUT2D eigenvalue weighted by Crippen LogP contribution is 2.24. The number of carbonyl (C=O) groups is 1. The summed E-state index contributed by atoms with van der Waals surface area (Å²) in [6.07, 6.45) is 3.43. The van der Waals surface area contributed by atoms with Crippen molar-refractivity contribution in [2.75, 3.05) is 19.0 Å². The number of phenolic OH excluding ortho intramolecular Hbond substituents is 1. The predicted molar refractivity (Wildman–Crippen MR) is 112 cm³/mol. The molecule has 0 saturated carbocycles. The molecule has 0 saturated heterocycles. The monoisotopic (exact) mass is 408 g/mol. The highest BCUT2D eigenvalue weighted by molar-refractivity contribution is 5.87. The van der Waals surface area contributed by atoms with E-state index in [1.165, 1.54) is 24.3 Å². The zero-order chi connectivity index (χ0) is 21.8. The van der Waals surface area contributed by atoms with E-state index in [-0.39, 0.29) is 29.1 Å². The molecule has 0 radical (unpaired) electrons. The molecule has 1 heterocycles. The van der Waals surface area contributed by atoms with Crippen molar-refractivity contribution in [1.29, 1.82) is 0 Å². The van der Waals surface area contributed by atoms with Gasteiger partial charge in [0.15, 0.2) is 5.82 Å². The van der Waals surface area contributed by atoms with Crippen LogP contribution in [0.1, 0.15) is 33.1 Å². The normalized spacial score (nSPS) is 11.0. The lowest BCUT2D eigenvalue weighted by Crippen LogP contribution is -2.20. The van der Waals surface area contributed by atoms with Crippen molar-refractivity contribution in [2.45, 2.75) is 13.8 Å². The summed E-state index contributed by atoms with van der Waals surface area (Å²) in [5, 5.41) is 9.91. The maximum Gasteiger partial charge on any atom is 0.381 e. The second-order valence-electron chi connectivity index (χ2n) is 6.89. The Morgan fingerprint density at radius 1 is 1.03 bits per heavy atom. The van der Waals surface area contributed by atoms with Crippen molar-refractivity contribution in [3.63, 3.8) is 0 Å². The van der Waals surface area contributed by atoms with Crippen LogP contribution in [0.25, 0.3) is 12.2 Å². The number of nitrogens with zero attached hydrogens (tertiary/aromatic N) is 4. The summed E-state index contributed by atoms with van der Waals surface area (Å²) in [7, 11) is 3.48. The first-order chi connectivity index (χ1) is 14.2. The number of anilines is 1. The summed E-state index contributed by atoms with van der Waals surface area (Å²) >= 11 is 0. The number of aryl methyl sites for hydroxylation is 2. The highest BCUT2D eigenvalue weighted by atomic mass is 19.1. The van der Waals surface area contributed by atoms with E-state index in [2.05, 4.69) is 15.0 Å². The molecule has 7 nitrogen and oxygen atoms in total. The molecule has 0 aliphatic rings. The summed E-state index contributed by atoms with van der Waals surface area (Å²) in [6.45, 7) is 3.63. The van der Waals surface area contributed by atoms with Gasteiger partial charge in [0.2, 0.25) is 11.8 Å². The molecule has 0 aliphatic heterocycles. The number of ether oxygens (including phenoxy) is 1. The van der Waals surface area contributed by atoms with Crippen LogP contribution in [0.4, 0.5) is 10.3 Å². The number of aromatic nitrogens is 3. The first-order valence-corrected chi connectivity index (χ1v) is 9.12. The van der Waals surface area contributed by atoms with E-state index in [4.69, 9.17) is 4.74 Å². The van der Waals surface area contributed by atoms with Crippen molar-refractivity contribution in [3.8, 4) is 11.5 Å². The van der Waals surface area contributed by atoms with Crippen LogP contribution in [0.3, 0.4) is 0 Å². The lowest BCUT2D eigenvalue weighted by Gasteiger charge is -2.11. The van der Waals surface area contributed by atoms with Crippen LogP contribution in [0.5, 0.6) is 11.5 Å². The van der Waals surface area contributed by atoms with Crippen LogP contribution < -0.4 is 9.64 Å². The van der Waals surface area contributed by atoms with Gasteiger partial charge in [-0.3, -0.25) is 0 Å². The number of phenols is 1. The van der Waals surface area contributed by atoms with Gasteiger partial charge >= 0.3 is 5.97 Å². The molecule has 30 heavy (non-hydrogen) atoms. The molecular weight excluding hydrogens is 387 g/mol. The van der Waals surface area contributed by atoms with Gasteiger partial charge in [-0.25, -0.2) is 14.2 Å². The van der Waals surface area contributed by atoms with Crippen molar-refractivity contribution in [1.82, 2.24) is 15.0 Å². The van der Waals surface area contributed by atoms with Crippen LogP contribution in [0.15, 0.2) is 36.4 Å². The Bertz CT molecular complexity index is 1090. The maximum atomic E-state index is 13.0. The van der Waals surface area contributed by atoms with Crippen molar-refractivity contribution in [3.05, 3.63) is 70.6 Å². The summed E-state index contributed by atoms with van der Waals surface area (Å²) in [4.78, 5) is 26.8. The second kappa shape index (κ2) is 8.69. The fourth-order valence-electron chi connectivity index (χ4n) is 2.66. The van der Waals surface area contributed by atoms with Gasteiger partial charge in [0, 0.05) is 14.1 Å². The van der Waals surface area contributed by atoms with E-state index in [0.717, 1.165) is 16.7 Å². The van der Waals surface area contributed by atoms with E-state index in [0.29, 0.717) is 0 Å². The molecule has 154 valence electrons.